The van der Waals surface area contributed by atoms with E-state index in [4.69, 9.17) is 29.6 Å². The quantitative estimate of drug-likeness (QED) is 0.763. The number of halogens is 2. The van der Waals surface area contributed by atoms with Crippen molar-refractivity contribution in [3.05, 3.63) is 57.5 Å². The van der Waals surface area contributed by atoms with Gasteiger partial charge in [-0.2, -0.15) is 0 Å². The molecule has 8 heteroatoms. The molecule has 0 aliphatic heterocycles. The predicted octanol–water partition coefficient (Wildman–Crippen LogP) is 3.54. The molecule has 2 rings (SSSR count). The van der Waals surface area contributed by atoms with Crippen molar-refractivity contribution in [1.29, 1.82) is 0 Å². The summed E-state index contributed by atoms with van der Waals surface area (Å²) in [5.41, 5.74) is 6.46. The summed E-state index contributed by atoms with van der Waals surface area (Å²) in [6.45, 7) is 0. The zero-order valence-electron chi connectivity index (χ0n) is 10.5. The standard InChI is InChI=1S/C13H10BrClN2O2S2/c14-9-4-5-12(11(15)7-9)21(18,19)17-10-3-1-2-8(6-10)13(16)20/h1-7,17H,(H2,16,20). The molecule has 4 nitrogen and oxygen atoms in total. The van der Waals surface area contributed by atoms with Crippen LogP contribution >= 0.6 is 39.7 Å². The third-order valence-electron chi connectivity index (χ3n) is 2.58. The van der Waals surface area contributed by atoms with Gasteiger partial charge in [-0.1, -0.05) is 51.9 Å². The molecule has 0 saturated heterocycles. The first kappa shape index (κ1) is 16.2. The van der Waals surface area contributed by atoms with Crippen LogP contribution in [0.2, 0.25) is 5.02 Å². The summed E-state index contributed by atoms with van der Waals surface area (Å²) < 4.78 is 27.8. The number of nitrogens with one attached hydrogen (secondary N) is 1. The smallest absolute Gasteiger partial charge is 0.263 e. The largest absolute Gasteiger partial charge is 0.389 e. The Morgan fingerprint density at radius 1 is 1.24 bits per heavy atom. The second-order valence-corrected chi connectivity index (χ2v) is 7.54. The lowest BCUT2D eigenvalue weighted by Gasteiger charge is -2.10. The topological polar surface area (TPSA) is 72.2 Å². The van der Waals surface area contributed by atoms with Gasteiger partial charge in [0.05, 0.1) is 5.02 Å². The van der Waals surface area contributed by atoms with E-state index in [0.29, 0.717) is 15.7 Å². The number of thiocarbonyl (C=S) groups is 1. The summed E-state index contributed by atoms with van der Waals surface area (Å²) in [6, 6.07) is 11.1. The van der Waals surface area contributed by atoms with Gasteiger partial charge in [-0.3, -0.25) is 4.72 Å². The Kier molecular flexibility index (Phi) is 4.88. The highest BCUT2D eigenvalue weighted by molar-refractivity contribution is 9.10. The Morgan fingerprint density at radius 3 is 2.57 bits per heavy atom. The van der Waals surface area contributed by atoms with Gasteiger partial charge in [-0.05, 0) is 30.3 Å². The van der Waals surface area contributed by atoms with E-state index >= 15 is 0 Å². The zero-order valence-corrected chi connectivity index (χ0v) is 14.5. The van der Waals surface area contributed by atoms with Gasteiger partial charge in [0.25, 0.3) is 10.0 Å². The van der Waals surface area contributed by atoms with Crippen LogP contribution in [0.1, 0.15) is 5.56 Å². The molecule has 0 bridgehead atoms. The fourth-order valence-electron chi connectivity index (χ4n) is 1.64. The molecule has 0 aliphatic rings. The highest BCUT2D eigenvalue weighted by Gasteiger charge is 2.18. The van der Waals surface area contributed by atoms with Crippen LogP contribution in [0.4, 0.5) is 5.69 Å². The average Bonchev–Trinajstić information content (AvgIpc) is 2.37. The third kappa shape index (κ3) is 3.94. The molecule has 2 aromatic rings. The summed E-state index contributed by atoms with van der Waals surface area (Å²) in [5.74, 6) is 0. The van der Waals surface area contributed by atoms with Gasteiger partial charge >= 0.3 is 0 Å². The SMILES string of the molecule is NC(=S)c1cccc(NS(=O)(=O)c2ccc(Br)cc2Cl)c1. The number of benzene rings is 2. The van der Waals surface area contributed by atoms with Gasteiger partial charge in [-0.15, -0.1) is 0 Å². The maximum atomic E-state index is 12.3. The lowest BCUT2D eigenvalue weighted by Crippen LogP contribution is -2.15. The van der Waals surface area contributed by atoms with Crippen molar-refractivity contribution in [2.45, 2.75) is 4.90 Å². The van der Waals surface area contributed by atoms with Gasteiger partial charge in [0.2, 0.25) is 0 Å². The maximum Gasteiger partial charge on any atom is 0.263 e. The van der Waals surface area contributed by atoms with Gasteiger partial charge in [0.1, 0.15) is 9.88 Å². The van der Waals surface area contributed by atoms with Crippen LogP contribution in [0, 0.1) is 0 Å². The number of hydrogen-bond acceptors (Lipinski definition) is 3. The van der Waals surface area contributed by atoms with E-state index in [-0.39, 0.29) is 14.9 Å². The Balaban J connectivity index is 2.37. The molecule has 0 aromatic heterocycles. The number of sulfonamides is 1. The molecule has 0 aliphatic carbocycles. The molecule has 0 fully saturated rings. The highest BCUT2D eigenvalue weighted by Crippen LogP contribution is 2.27. The molecular weight excluding hydrogens is 396 g/mol. The summed E-state index contributed by atoms with van der Waals surface area (Å²) in [4.78, 5) is 0.186. The van der Waals surface area contributed by atoms with Crippen LogP contribution in [0.25, 0.3) is 0 Å². The first-order valence-corrected chi connectivity index (χ1v) is 8.73. The summed E-state index contributed by atoms with van der Waals surface area (Å²) >= 11 is 14.1. The molecule has 0 spiro atoms. The molecule has 3 N–H and O–H groups in total. The first-order chi connectivity index (χ1) is 9.79. The molecule has 110 valence electrons. The van der Waals surface area contributed by atoms with Crippen LogP contribution in [-0.2, 0) is 10.0 Å². The fraction of sp³-hybridized carbons (Fsp3) is 0. The van der Waals surface area contributed by atoms with E-state index in [1.165, 1.54) is 12.1 Å². The Bertz CT molecular complexity index is 810. The van der Waals surface area contributed by atoms with E-state index in [0.717, 1.165) is 0 Å². The van der Waals surface area contributed by atoms with E-state index < -0.39 is 10.0 Å². The normalized spacial score (nSPS) is 11.1. The fourth-order valence-corrected chi connectivity index (χ4v) is 3.85. The van der Waals surface area contributed by atoms with Gasteiger partial charge in [-0.25, -0.2) is 8.42 Å². The van der Waals surface area contributed by atoms with Crippen molar-refractivity contribution in [3.63, 3.8) is 0 Å². The molecule has 0 amide bonds. The number of rotatable bonds is 4. The Morgan fingerprint density at radius 2 is 1.95 bits per heavy atom. The van der Waals surface area contributed by atoms with Crippen LogP contribution in [0.5, 0.6) is 0 Å². The summed E-state index contributed by atoms with van der Waals surface area (Å²) in [6.07, 6.45) is 0. The summed E-state index contributed by atoms with van der Waals surface area (Å²) in [7, 11) is -3.79. The van der Waals surface area contributed by atoms with Crippen molar-refractivity contribution < 1.29 is 8.42 Å². The second kappa shape index (κ2) is 6.31. The highest BCUT2D eigenvalue weighted by atomic mass is 79.9. The van der Waals surface area contributed by atoms with Crippen LogP contribution in [0.15, 0.2) is 51.8 Å². The first-order valence-electron chi connectivity index (χ1n) is 5.67. The molecular formula is C13H10BrClN2O2S2. The van der Waals surface area contributed by atoms with Crippen molar-refractivity contribution in [2.24, 2.45) is 5.73 Å². The van der Waals surface area contributed by atoms with Crippen LogP contribution in [0.3, 0.4) is 0 Å². The monoisotopic (exact) mass is 404 g/mol. The summed E-state index contributed by atoms with van der Waals surface area (Å²) in [5, 5.41) is 0.127. The number of hydrogen-bond donors (Lipinski definition) is 2. The minimum Gasteiger partial charge on any atom is -0.389 e. The minimum absolute atomic E-state index is 0.00639. The van der Waals surface area contributed by atoms with Crippen molar-refractivity contribution in [1.82, 2.24) is 0 Å². The predicted molar refractivity (Wildman–Crippen MR) is 92.3 cm³/mol. The van der Waals surface area contributed by atoms with Gasteiger partial charge in [0.15, 0.2) is 0 Å². The Labute approximate surface area is 141 Å². The van der Waals surface area contributed by atoms with Crippen LogP contribution < -0.4 is 10.5 Å². The molecule has 0 radical (unpaired) electrons. The maximum absolute atomic E-state index is 12.3. The molecule has 21 heavy (non-hydrogen) atoms. The van der Waals surface area contributed by atoms with E-state index in [1.54, 1.807) is 30.3 Å². The van der Waals surface area contributed by atoms with Gasteiger partial charge in [0, 0.05) is 15.7 Å². The molecule has 0 heterocycles. The molecule has 2 aromatic carbocycles. The van der Waals surface area contributed by atoms with Crippen molar-refractivity contribution in [2.75, 3.05) is 4.72 Å². The zero-order chi connectivity index (χ0) is 15.6. The van der Waals surface area contributed by atoms with Crippen molar-refractivity contribution in [3.8, 4) is 0 Å². The third-order valence-corrected chi connectivity index (χ3v) is 5.18. The van der Waals surface area contributed by atoms with Gasteiger partial charge < -0.3 is 5.73 Å². The van der Waals surface area contributed by atoms with Crippen LogP contribution in [-0.4, -0.2) is 13.4 Å². The number of anilines is 1. The van der Waals surface area contributed by atoms with E-state index in [9.17, 15) is 8.42 Å². The number of nitrogens with two attached hydrogens (primary N) is 1. The van der Waals surface area contributed by atoms with E-state index in [2.05, 4.69) is 20.7 Å². The Hall–Kier alpha value is -1.15. The van der Waals surface area contributed by atoms with E-state index in [1.807, 2.05) is 0 Å². The average molecular weight is 406 g/mol. The lowest BCUT2D eigenvalue weighted by molar-refractivity contribution is 0.601. The van der Waals surface area contributed by atoms with Crippen molar-refractivity contribution >= 4 is 60.4 Å². The lowest BCUT2D eigenvalue weighted by atomic mass is 10.2. The molecule has 0 atom stereocenters. The molecule has 0 saturated carbocycles. The second-order valence-electron chi connectivity index (χ2n) is 4.13. The minimum atomic E-state index is -3.79. The molecule has 0 unspecified atom stereocenters.